The van der Waals surface area contributed by atoms with Crippen molar-refractivity contribution in [1.82, 2.24) is 4.98 Å². The van der Waals surface area contributed by atoms with Gasteiger partial charge in [-0.1, -0.05) is 19.9 Å². The first-order valence-electron chi connectivity index (χ1n) is 5.24. The predicted octanol–water partition coefficient (Wildman–Crippen LogP) is 3.67. The van der Waals surface area contributed by atoms with E-state index in [1.165, 1.54) is 28.5 Å². The molecule has 14 heavy (non-hydrogen) atoms. The van der Waals surface area contributed by atoms with E-state index in [1.807, 2.05) is 6.20 Å². The zero-order valence-corrected chi connectivity index (χ0v) is 9.09. The third-order valence-electron chi connectivity index (χ3n) is 2.69. The van der Waals surface area contributed by atoms with E-state index in [0.29, 0.717) is 5.92 Å². The van der Waals surface area contributed by atoms with E-state index in [2.05, 4.69) is 44.0 Å². The average molecular weight is 187 g/mol. The predicted molar refractivity (Wildman–Crippen MR) is 61.6 cm³/mol. The highest BCUT2D eigenvalue weighted by molar-refractivity contribution is 5.84. The minimum absolute atomic E-state index is 0.717. The number of aryl methyl sites for hydroxylation is 1. The maximum atomic E-state index is 3.26. The van der Waals surface area contributed by atoms with Gasteiger partial charge in [-0.15, -0.1) is 0 Å². The Kier molecular flexibility index (Phi) is 2.32. The highest BCUT2D eigenvalue weighted by atomic mass is 14.7. The minimum atomic E-state index is 0.717. The van der Waals surface area contributed by atoms with Gasteiger partial charge in [-0.3, -0.25) is 0 Å². The second-order valence-corrected chi connectivity index (χ2v) is 4.40. The Labute approximate surface area is 85.1 Å². The maximum absolute atomic E-state index is 3.26. The SMILES string of the molecule is Cc1ccc2[nH]ccc2c1CC(C)C. The molecule has 2 rings (SSSR count). The van der Waals surface area contributed by atoms with Crippen LogP contribution in [-0.4, -0.2) is 4.98 Å². The normalized spacial score (nSPS) is 11.4. The molecule has 2 aromatic rings. The lowest BCUT2D eigenvalue weighted by molar-refractivity contribution is 0.648. The molecule has 1 nitrogen and oxygen atoms in total. The Morgan fingerprint density at radius 1 is 1.21 bits per heavy atom. The summed E-state index contributed by atoms with van der Waals surface area (Å²) in [4.78, 5) is 3.26. The Hall–Kier alpha value is -1.24. The Bertz CT molecular complexity index is 437. The molecule has 1 heterocycles. The van der Waals surface area contributed by atoms with Crippen molar-refractivity contribution in [2.75, 3.05) is 0 Å². The molecule has 1 N–H and O–H groups in total. The summed E-state index contributed by atoms with van der Waals surface area (Å²) in [6.07, 6.45) is 3.19. The van der Waals surface area contributed by atoms with Crippen LogP contribution in [0.15, 0.2) is 24.4 Å². The highest BCUT2D eigenvalue weighted by Crippen LogP contribution is 2.23. The Morgan fingerprint density at radius 3 is 2.71 bits per heavy atom. The number of hydrogen-bond donors (Lipinski definition) is 1. The van der Waals surface area contributed by atoms with Gasteiger partial charge in [0.15, 0.2) is 0 Å². The summed E-state index contributed by atoms with van der Waals surface area (Å²) < 4.78 is 0. The zero-order chi connectivity index (χ0) is 10.1. The fraction of sp³-hybridized carbons (Fsp3) is 0.385. The van der Waals surface area contributed by atoms with Crippen molar-refractivity contribution in [2.24, 2.45) is 5.92 Å². The fourth-order valence-corrected chi connectivity index (χ4v) is 1.98. The first-order chi connectivity index (χ1) is 6.68. The van der Waals surface area contributed by atoms with Gasteiger partial charge in [-0.05, 0) is 42.5 Å². The average Bonchev–Trinajstić information content (AvgIpc) is 2.57. The van der Waals surface area contributed by atoms with Gasteiger partial charge >= 0.3 is 0 Å². The van der Waals surface area contributed by atoms with Crippen LogP contribution in [-0.2, 0) is 6.42 Å². The largest absolute Gasteiger partial charge is 0.361 e. The molecule has 0 radical (unpaired) electrons. The van der Waals surface area contributed by atoms with E-state index in [0.717, 1.165) is 0 Å². The summed E-state index contributed by atoms with van der Waals surface area (Å²) in [6.45, 7) is 6.74. The number of nitrogens with one attached hydrogen (secondary N) is 1. The second kappa shape index (κ2) is 3.49. The number of rotatable bonds is 2. The summed E-state index contributed by atoms with van der Waals surface area (Å²) in [7, 11) is 0. The van der Waals surface area contributed by atoms with Crippen LogP contribution < -0.4 is 0 Å². The van der Waals surface area contributed by atoms with E-state index in [-0.39, 0.29) is 0 Å². The number of H-pyrrole nitrogens is 1. The van der Waals surface area contributed by atoms with Gasteiger partial charge < -0.3 is 4.98 Å². The molecule has 0 saturated heterocycles. The molecule has 0 unspecified atom stereocenters. The van der Waals surface area contributed by atoms with Crippen molar-refractivity contribution in [2.45, 2.75) is 27.2 Å². The van der Waals surface area contributed by atoms with Crippen LogP contribution in [0.5, 0.6) is 0 Å². The van der Waals surface area contributed by atoms with Gasteiger partial charge in [0.25, 0.3) is 0 Å². The number of aromatic nitrogens is 1. The van der Waals surface area contributed by atoms with Crippen LogP contribution in [0.2, 0.25) is 0 Å². The summed E-state index contributed by atoms with van der Waals surface area (Å²) >= 11 is 0. The van der Waals surface area contributed by atoms with Crippen molar-refractivity contribution >= 4 is 10.9 Å². The second-order valence-electron chi connectivity index (χ2n) is 4.40. The molecule has 0 atom stereocenters. The summed E-state index contributed by atoms with van der Waals surface area (Å²) in [5, 5.41) is 1.39. The molecular formula is C13H17N. The topological polar surface area (TPSA) is 15.8 Å². The van der Waals surface area contributed by atoms with Crippen molar-refractivity contribution in [3.8, 4) is 0 Å². The molecule has 1 heteroatoms. The van der Waals surface area contributed by atoms with Crippen LogP contribution >= 0.6 is 0 Å². The first-order valence-corrected chi connectivity index (χ1v) is 5.24. The monoisotopic (exact) mass is 187 g/mol. The maximum Gasteiger partial charge on any atom is 0.0456 e. The molecule has 0 spiro atoms. The van der Waals surface area contributed by atoms with Crippen LogP contribution in [0, 0.1) is 12.8 Å². The lowest BCUT2D eigenvalue weighted by Gasteiger charge is -2.10. The molecule has 0 aliphatic rings. The Balaban J connectivity index is 2.58. The highest BCUT2D eigenvalue weighted by Gasteiger charge is 2.06. The van der Waals surface area contributed by atoms with Crippen LogP contribution in [0.25, 0.3) is 10.9 Å². The van der Waals surface area contributed by atoms with E-state index in [1.54, 1.807) is 0 Å². The molecule has 74 valence electrons. The molecule has 0 aliphatic carbocycles. The van der Waals surface area contributed by atoms with Gasteiger partial charge in [0.1, 0.15) is 0 Å². The summed E-state index contributed by atoms with van der Waals surface area (Å²) in [6, 6.07) is 6.55. The molecule has 0 bridgehead atoms. The lowest BCUT2D eigenvalue weighted by Crippen LogP contribution is -1.97. The standard InChI is InChI=1S/C13H17N/c1-9(2)8-12-10(3)4-5-13-11(12)6-7-14-13/h4-7,9,14H,8H2,1-3H3. The third kappa shape index (κ3) is 1.54. The van der Waals surface area contributed by atoms with E-state index in [9.17, 15) is 0 Å². The molecule has 0 amide bonds. The number of benzene rings is 1. The van der Waals surface area contributed by atoms with Crippen molar-refractivity contribution in [1.29, 1.82) is 0 Å². The van der Waals surface area contributed by atoms with Crippen molar-refractivity contribution in [3.05, 3.63) is 35.5 Å². The van der Waals surface area contributed by atoms with Gasteiger partial charge in [0.2, 0.25) is 0 Å². The molecule has 0 aliphatic heterocycles. The Morgan fingerprint density at radius 2 is 2.00 bits per heavy atom. The van der Waals surface area contributed by atoms with Crippen molar-refractivity contribution < 1.29 is 0 Å². The summed E-state index contributed by atoms with van der Waals surface area (Å²) in [5.74, 6) is 0.717. The van der Waals surface area contributed by atoms with Crippen molar-refractivity contribution in [3.63, 3.8) is 0 Å². The van der Waals surface area contributed by atoms with Crippen LogP contribution in [0.3, 0.4) is 0 Å². The molecular weight excluding hydrogens is 170 g/mol. The minimum Gasteiger partial charge on any atom is -0.361 e. The summed E-state index contributed by atoms with van der Waals surface area (Å²) in [5.41, 5.74) is 4.16. The fourth-order valence-electron chi connectivity index (χ4n) is 1.98. The van der Waals surface area contributed by atoms with Gasteiger partial charge in [-0.25, -0.2) is 0 Å². The van der Waals surface area contributed by atoms with Crippen LogP contribution in [0.1, 0.15) is 25.0 Å². The number of fused-ring (bicyclic) bond motifs is 1. The van der Waals surface area contributed by atoms with Gasteiger partial charge in [0, 0.05) is 17.1 Å². The molecule has 0 fully saturated rings. The molecule has 1 aromatic heterocycles. The zero-order valence-electron chi connectivity index (χ0n) is 9.09. The molecule has 1 aromatic carbocycles. The molecule has 0 saturated carbocycles. The van der Waals surface area contributed by atoms with Crippen LogP contribution in [0.4, 0.5) is 0 Å². The number of hydrogen-bond acceptors (Lipinski definition) is 0. The van der Waals surface area contributed by atoms with Gasteiger partial charge in [0.05, 0.1) is 0 Å². The quantitative estimate of drug-likeness (QED) is 0.738. The van der Waals surface area contributed by atoms with E-state index >= 15 is 0 Å². The number of aromatic amines is 1. The smallest absolute Gasteiger partial charge is 0.0456 e. The third-order valence-corrected chi connectivity index (χ3v) is 2.69. The van der Waals surface area contributed by atoms with Gasteiger partial charge in [-0.2, -0.15) is 0 Å². The van der Waals surface area contributed by atoms with E-state index < -0.39 is 0 Å². The van der Waals surface area contributed by atoms with E-state index in [4.69, 9.17) is 0 Å². The lowest BCUT2D eigenvalue weighted by atomic mass is 9.95. The first kappa shape index (κ1) is 9.32.